The number of rotatable bonds is 5. The van der Waals surface area contributed by atoms with Gasteiger partial charge in [-0.15, -0.1) is 11.3 Å². The van der Waals surface area contributed by atoms with Crippen molar-refractivity contribution in [3.05, 3.63) is 45.6 Å². The van der Waals surface area contributed by atoms with Crippen LogP contribution >= 0.6 is 22.9 Å². The third-order valence-corrected chi connectivity index (χ3v) is 4.44. The number of hydrogen-bond donors (Lipinski definition) is 1. The lowest BCUT2D eigenvalue weighted by Crippen LogP contribution is -2.21. The van der Waals surface area contributed by atoms with Crippen molar-refractivity contribution in [3.63, 3.8) is 0 Å². The van der Waals surface area contributed by atoms with Gasteiger partial charge in [0, 0.05) is 12.3 Å². The summed E-state index contributed by atoms with van der Waals surface area (Å²) in [6.07, 6.45) is 3.19. The summed E-state index contributed by atoms with van der Waals surface area (Å²) in [5, 5.41) is 10.4. The molecule has 0 spiro atoms. The Kier molecular flexibility index (Phi) is 4.50. The second kappa shape index (κ2) is 6.58. The molecule has 24 heavy (non-hydrogen) atoms. The molecule has 124 valence electrons. The van der Waals surface area contributed by atoms with Gasteiger partial charge in [0.05, 0.1) is 17.7 Å². The molecule has 3 heterocycles. The number of thiazole rings is 1. The average Bonchev–Trinajstić information content (AvgIpc) is 3.10. The SMILES string of the molecule is CCOC(=O)C(=O)c1c(O)[n+]2ccccc2n1Cc1cnc(Cl)s1. The molecule has 0 bridgehead atoms. The summed E-state index contributed by atoms with van der Waals surface area (Å²) in [7, 11) is 0. The van der Waals surface area contributed by atoms with E-state index in [9.17, 15) is 14.7 Å². The monoisotopic (exact) mass is 366 g/mol. The average molecular weight is 367 g/mol. The standard InChI is InChI=1S/C15H12ClN3O4S/c1-2-23-14(22)12(20)11-13(21)18-6-4-3-5-10(18)19(11)8-9-7-17-15(16)24-9/h3-7H,2,8H2,1H3/p+1. The first kappa shape index (κ1) is 16.4. The minimum Gasteiger partial charge on any atom is -0.474 e. The maximum absolute atomic E-state index is 12.4. The van der Waals surface area contributed by atoms with Crippen molar-refractivity contribution in [1.82, 2.24) is 9.55 Å². The van der Waals surface area contributed by atoms with Gasteiger partial charge in [-0.25, -0.2) is 14.3 Å². The number of esters is 1. The van der Waals surface area contributed by atoms with Gasteiger partial charge < -0.3 is 9.84 Å². The van der Waals surface area contributed by atoms with Gasteiger partial charge in [0.1, 0.15) is 6.54 Å². The van der Waals surface area contributed by atoms with Gasteiger partial charge in [-0.1, -0.05) is 17.7 Å². The third kappa shape index (κ3) is 2.85. The Labute approximate surface area is 145 Å². The van der Waals surface area contributed by atoms with Crippen LogP contribution in [-0.2, 0) is 16.1 Å². The lowest BCUT2D eigenvalue weighted by Gasteiger charge is -2.01. The van der Waals surface area contributed by atoms with Gasteiger partial charge in [-0.3, -0.25) is 4.79 Å². The zero-order valence-corrected chi connectivity index (χ0v) is 14.2. The predicted molar refractivity (Wildman–Crippen MR) is 86.4 cm³/mol. The molecule has 0 saturated carbocycles. The Balaban J connectivity index is 2.15. The van der Waals surface area contributed by atoms with Crippen molar-refractivity contribution < 1.29 is 23.8 Å². The lowest BCUT2D eigenvalue weighted by molar-refractivity contribution is -0.521. The number of ether oxygens (including phenoxy) is 1. The van der Waals surface area contributed by atoms with Gasteiger partial charge in [0.15, 0.2) is 4.47 Å². The fourth-order valence-electron chi connectivity index (χ4n) is 2.37. The number of pyridine rings is 1. The molecule has 7 nitrogen and oxygen atoms in total. The van der Waals surface area contributed by atoms with Gasteiger partial charge >= 0.3 is 17.6 Å². The van der Waals surface area contributed by atoms with Crippen LogP contribution < -0.4 is 4.40 Å². The minimum atomic E-state index is -1.01. The van der Waals surface area contributed by atoms with Crippen molar-refractivity contribution in [2.45, 2.75) is 13.5 Å². The zero-order chi connectivity index (χ0) is 17.3. The van der Waals surface area contributed by atoms with Crippen LogP contribution in [0.5, 0.6) is 5.88 Å². The second-order valence-corrected chi connectivity index (χ2v) is 6.51. The van der Waals surface area contributed by atoms with E-state index in [-0.39, 0.29) is 24.7 Å². The molecular weight excluding hydrogens is 354 g/mol. The van der Waals surface area contributed by atoms with E-state index in [1.165, 1.54) is 15.7 Å². The first-order valence-electron chi connectivity index (χ1n) is 7.06. The fraction of sp³-hybridized carbons (Fsp3) is 0.200. The van der Waals surface area contributed by atoms with Crippen LogP contribution in [0.15, 0.2) is 30.6 Å². The molecule has 0 radical (unpaired) electrons. The first-order valence-corrected chi connectivity index (χ1v) is 8.26. The number of ketones is 1. The van der Waals surface area contributed by atoms with E-state index in [4.69, 9.17) is 16.3 Å². The predicted octanol–water partition coefficient (Wildman–Crippen LogP) is 1.84. The molecule has 3 aromatic rings. The number of aromatic hydroxyl groups is 1. The summed E-state index contributed by atoms with van der Waals surface area (Å²) in [6.45, 7) is 1.91. The Morgan fingerprint density at radius 2 is 2.25 bits per heavy atom. The second-order valence-electron chi connectivity index (χ2n) is 4.82. The van der Waals surface area contributed by atoms with E-state index in [0.717, 1.165) is 4.88 Å². The van der Waals surface area contributed by atoms with Crippen LogP contribution in [0, 0.1) is 0 Å². The molecule has 0 aliphatic carbocycles. The van der Waals surface area contributed by atoms with Crippen LogP contribution in [0.3, 0.4) is 0 Å². The van der Waals surface area contributed by atoms with E-state index < -0.39 is 11.8 Å². The molecule has 3 aromatic heterocycles. The van der Waals surface area contributed by atoms with Crippen LogP contribution in [-0.4, -0.2) is 33.0 Å². The Bertz CT molecular complexity index is 934. The number of aromatic nitrogens is 3. The lowest BCUT2D eigenvalue weighted by atomic mass is 10.3. The summed E-state index contributed by atoms with van der Waals surface area (Å²) in [5.74, 6) is -2.24. The molecule has 0 unspecified atom stereocenters. The van der Waals surface area contributed by atoms with Crippen LogP contribution in [0.2, 0.25) is 4.47 Å². The van der Waals surface area contributed by atoms with E-state index >= 15 is 0 Å². The summed E-state index contributed by atoms with van der Waals surface area (Å²) in [5.41, 5.74) is 0.413. The van der Waals surface area contributed by atoms with Gasteiger partial charge in [-0.2, -0.15) is 4.40 Å². The summed E-state index contributed by atoms with van der Waals surface area (Å²) >= 11 is 7.10. The van der Waals surface area contributed by atoms with E-state index in [1.54, 1.807) is 42.1 Å². The van der Waals surface area contributed by atoms with Crippen molar-refractivity contribution in [3.8, 4) is 5.88 Å². The Morgan fingerprint density at radius 1 is 1.46 bits per heavy atom. The number of carbonyl (C=O) groups is 2. The highest BCUT2D eigenvalue weighted by molar-refractivity contribution is 7.15. The molecule has 3 rings (SSSR count). The number of Topliss-reactive ketones (excluding diaryl/α,β-unsaturated/α-hetero) is 1. The fourth-order valence-corrected chi connectivity index (χ4v) is 3.34. The topological polar surface area (TPSA) is 85.5 Å². The van der Waals surface area contributed by atoms with Gasteiger partial charge in [0.2, 0.25) is 0 Å². The summed E-state index contributed by atoms with van der Waals surface area (Å²) in [6, 6.07) is 5.20. The summed E-state index contributed by atoms with van der Waals surface area (Å²) in [4.78, 5) is 29.0. The number of halogens is 1. The minimum absolute atomic E-state index is 0.0726. The number of nitrogens with zero attached hydrogens (tertiary/aromatic N) is 3. The highest BCUT2D eigenvalue weighted by Crippen LogP contribution is 2.24. The van der Waals surface area contributed by atoms with Gasteiger partial charge in [0.25, 0.3) is 11.3 Å². The Morgan fingerprint density at radius 3 is 2.92 bits per heavy atom. The molecular formula is C15H13ClN3O4S+. The number of carbonyl (C=O) groups excluding carboxylic acids is 2. The third-order valence-electron chi connectivity index (χ3n) is 3.34. The summed E-state index contributed by atoms with van der Waals surface area (Å²) < 4.78 is 8.10. The van der Waals surface area contributed by atoms with Crippen LogP contribution in [0.4, 0.5) is 0 Å². The highest BCUT2D eigenvalue weighted by atomic mass is 35.5. The molecule has 0 fully saturated rings. The van der Waals surface area contributed by atoms with Crippen molar-refractivity contribution in [2.75, 3.05) is 6.61 Å². The van der Waals surface area contributed by atoms with Crippen molar-refractivity contribution in [1.29, 1.82) is 0 Å². The number of hydrogen-bond acceptors (Lipinski definition) is 6. The number of imidazole rings is 1. The van der Waals surface area contributed by atoms with Crippen molar-refractivity contribution >= 4 is 40.3 Å². The molecule has 0 aromatic carbocycles. The van der Waals surface area contributed by atoms with Crippen molar-refractivity contribution in [2.24, 2.45) is 0 Å². The zero-order valence-electron chi connectivity index (χ0n) is 12.6. The largest absolute Gasteiger partial charge is 0.474 e. The van der Waals surface area contributed by atoms with Crippen LogP contribution in [0.1, 0.15) is 22.3 Å². The molecule has 0 aliphatic rings. The first-order chi connectivity index (χ1) is 11.5. The Hall–Kier alpha value is -2.45. The quantitative estimate of drug-likeness (QED) is 0.322. The van der Waals surface area contributed by atoms with E-state index in [2.05, 4.69) is 4.98 Å². The smallest absolute Gasteiger partial charge is 0.383 e. The molecule has 9 heteroatoms. The van der Waals surface area contributed by atoms with Gasteiger partial charge in [-0.05, 0) is 13.0 Å². The maximum atomic E-state index is 12.4. The molecule has 1 N–H and O–H groups in total. The molecule has 0 saturated heterocycles. The van der Waals surface area contributed by atoms with E-state index in [1.807, 2.05) is 0 Å². The van der Waals surface area contributed by atoms with E-state index in [0.29, 0.717) is 10.1 Å². The molecule has 0 atom stereocenters. The number of fused-ring (bicyclic) bond motifs is 1. The maximum Gasteiger partial charge on any atom is 0.383 e. The van der Waals surface area contributed by atoms with Crippen LogP contribution in [0.25, 0.3) is 5.65 Å². The molecule has 0 aliphatic heterocycles. The highest BCUT2D eigenvalue weighted by Gasteiger charge is 2.35. The normalized spacial score (nSPS) is 10.9. The molecule has 0 amide bonds.